The molecule has 0 aliphatic carbocycles. The summed E-state index contributed by atoms with van der Waals surface area (Å²) in [5.74, 6) is 0. The van der Waals surface area contributed by atoms with E-state index in [-0.39, 0.29) is 5.56 Å². The van der Waals surface area contributed by atoms with Gasteiger partial charge in [0.25, 0.3) is 5.56 Å². The smallest absolute Gasteiger partial charge is 0.268 e. The van der Waals surface area contributed by atoms with Gasteiger partial charge in [-0.1, -0.05) is 37.0 Å². The Morgan fingerprint density at radius 1 is 1.28 bits per heavy atom. The molecule has 0 saturated heterocycles. The Balaban J connectivity index is 2.24. The van der Waals surface area contributed by atoms with Gasteiger partial charge in [0.2, 0.25) is 0 Å². The molecule has 0 aliphatic heterocycles. The van der Waals surface area contributed by atoms with Gasteiger partial charge in [-0.05, 0) is 32.1 Å². The number of aryl methyl sites for hydroxylation is 1. The topological polar surface area (TPSA) is 25.2 Å². The lowest BCUT2D eigenvalue weighted by molar-refractivity contribution is 0.293. The van der Waals surface area contributed by atoms with Crippen molar-refractivity contribution in [2.24, 2.45) is 0 Å². The van der Waals surface area contributed by atoms with Crippen LogP contribution in [0.15, 0.2) is 23.0 Å². The first-order valence-corrected chi connectivity index (χ1v) is 7.25. The van der Waals surface area contributed by atoms with E-state index in [1.165, 1.54) is 0 Å². The molecule has 0 unspecified atom stereocenters. The lowest BCUT2D eigenvalue weighted by Gasteiger charge is -2.17. The van der Waals surface area contributed by atoms with Gasteiger partial charge in [0.05, 0.1) is 10.1 Å². The standard InChI is InChI=1S/C14H20N2OS/c1-4-15(5-2)8-9-16-14(17)12-10-11(3)6-7-13(12)18-16/h6-7,10H,4-5,8-9H2,1-3H3. The highest BCUT2D eigenvalue weighted by Gasteiger charge is 2.08. The number of likely N-dealkylation sites (N-methyl/N-ethyl adjacent to an activating group) is 1. The molecule has 0 atom stereocenters. The van der Waals surface area contributed by atoms with Gasteiger partial charge in [-0.3, -0.25) is 8.75 Å². The van der Waals surface area contributed by atoms with Crippen molar-refractivity contribution in [1.29, 1.82) is 0 Å². The van der Waals surface area contributed by atoms with Gasteiger partial charge >= 0.3 is 0 Å². The van der Waals surface area contributed by atoms with Gasteiger partial charge < -0.3 is 4.90 Å². The molecule has 0 aliphatic rings. The second-order valence-electron chi connectivity index (χ2n) is 4.53. The maximum atomic E-state index is 12.2. The highest BCUT2D eigenvalue weighted by Crippen LogP contribution is 2.17. The first-order valence-electron chi connectivity index (χ1n) is 6.48. The second kappa shape index (κ2) is 5.67. The van der Waals surface area contributed by atoms with Gasteiger partial charge in [-0.25, -0.2) is 0 Å². The Kier molecular flexibility index (Phi) is 4.19. The van der Waals surface area contributed by atoms with E-state index in [0.717, 1.165) is 41.8 Å². The Hall–Kier alpha value is -1.13. The Morgan fingerprint density at radius 3 is 2.67 bits per heavy atom. The maximum absolute atomic E-state index is 12.2. The van der Waals surface area contributed by atoms with Crippen LogP contribution in [-0.4, -0.2) is 28.5 Å². The fourth-order valence-electron chi connectivity index (χ4n) is 2.10. The lowest BCUT2D eigenvalue weighted by Crippen LogP contribution is -2.28. The van der Waals surface area contributed by atoms with E-state index in [1.807, 2.05) is 23.0 Å². The van der Waals surface area contributed by atoms with Crippen molar-refractivity contribution in [2.75, 3.05) is 19.6 Å². The van der Waals surface area contributed by atoms with Crippen LogP contribution in [0.5, 0.6) is 0 Å². The molecule has 0 amide bonds. The zero-order valence-electron chi connectivity index (χ0n) is 11.3. The quantitative estimate of drug-likeness (QED) is 0.829. The molecule has 98 valence electrons. The molecule has 4 heteroatoms. The SMILES string of the molecule is CCN(CC)CCn1sc2ccc(C)cc2c1=O. The highest BCUT2D eigenvalue weighted by molar-refractivity contribution is 7.13. The molecule has 2 aromatic rings. The first kappa shape index (κ1) is 13.3. The second-order valence-corrected chi connectivity index (χ2v) is 5.59. The molecule has 0 fully saturated rings. The van der Waals surface area contributed by atoms with Gasteiger partial charge in [0, 0.05) is 13.1 Å². The van der Waals surface area contributed by atoms with Crippen molar-refractivity contribution in [1.82, 2.24) is 8.86 Å². The van der Waals surface area contributed by atoms with Crippen molar-refractivity contribution < 1.29 is 0 Å². The van der Waals surface area contributed by atoms with Crippen LogP contribution < -0.4 is 5.56 Å². The van der Waals surface area contributed by atoms with Crippen LogP contribution in [0.1, 0.15) is 19.4 Å². The number of fused-ring (bicyclic) bond motifs is 1. The number of benzene rings is 1. The fraction of sp³-hybridized carbons (Fsp3) is 0.500. The van der Waals surface area contributed by atoms with Crippen LogP contribution in [0.25, 0.3) is 10.1 Å². The minimum atomic E-state index is 0.158. The zero-order valence-corrected chi connectivity index (χ0v) is 12.1. The molecule has 2 rings (SSSR count). The summed E-state index contributed by atoms with van der Waals surface area (Å²) in [5.41, 5.74) is 1.30. The molecule has 0 saturated carbocycles. The third kappa shape index (κ3) is 2.65. The summed E-state index contributed by atoms with van der Waals surface area (Å²) in [4.78, 5) is 14.6. The minimum absolute atomic E-state index is 0.158. The Morgan fingerprint density at radius 2 is 2.00 bits per heavy atom. The molecule has 0 spiro atoms. The summed E-state index contributed by atoms with van der Waals surface area (Å²) in [6, 6.07) is 6.10. The van der Waals surface area contributed by atoms with Crippen molar-refractivity contribution in [3.63, 3.8) is 0 Å². The van der Waals surface area contributed by atoms with E-state index in [4.69, 9.17) is 0 Å². The van der Waals surface area contributed by atoms with Crippen LogP contribution in [0, 0.1) is 6.92 Å². The van der Waals surface area contributed by atoms with Crippen molar-refractivity contribution in [3.8, 4) is 0 Å². The van der Waals surface area contributed by atoms with Crippen LogP contribution >= 0.6 is 11.5 Å². The van der Waals surface area contributed by atoms with E-state index in [2.05, 4.69) is 24.8 Å². The van der Waals surface area contributed by atoms with Crippen LogP contribution in [0.3, 0.4) is 0 Å². The highest BCUT2D eigenvalue weighted by atomic mass is 32.1. The molecule has 0 radical (unpaired) electrons. The van der Waals surface area contributed by atoms with Gasteiger partial charge in [-0.2, -0.15) is 0 Å². The normalized spacial score (nSPS) is 11.6. The summed E-state index contributed by atoms with van der Waals surface area (Å²) in [6.07, 6.45) is 0. The number of rotatable bonds is 5. The van der Waals surface area contributed by atoms with E-state index < -0.39 is 0 Å². The molecule has 18 heavy (non-hydrogen) atoms. The third-order valence-corrected chi connectivity index (χ3v) is 4.44. The van der Waals surface area contributed by atoms with E-state index in [0.29, 0.717) is 0 Å². The predicted molar refractivity (Wildman–Crippen MR) is 78.6 cm³/mol. The molecular formula is C14H20N2OS. The molecule has 0 bridgehead atoms. The first-order chi connectivity index (χ1) is 8.65. The average Bonchev–Trinajstić information content (AvgIpc) is 2.68. The van der Waals surface area contributed by atoms with Crippen LogP contribution in [-0.2, 0) is 6.54 Å². The van der Waals surface area contributed by atoms with E-state index >= 15 is 0 Å². The van der Waals surface area contributed by atoms with Crippen LogP contribution in [0.4, 0.5) is 0 Å². The van der Waals surface area contributed by atoms with Crippen molar-refractivity contribution in [3.05, 3.63) is 34.1 Å². The zero-order chi connectivity index (χ0) is 13.1. The maximum Gasteiger partial charge on any atom is 0.268 e. The monoisotopic (exact) mass is 264 g/mol. The van der Waals surface area contributed by atoms with Crippen molar-refractivity contribution >= 4 is 21.6 Å². The Labute approximate surface area is 112 Å². The number of hydrogen-bond acceptors (Lipinski definition) is 3. The Bertz CT molecular complexity index is 581. The number of aromatic nitrogens is 1. The summed E-state index contributed by atoms with van der Waals surface area (Å²) in [5, 5.41) is 0.861. The third-order valence-electron chi connectivity index (χ3n) is 3.31. The molecule has 3 nitrogen and oxygen atoms in total. The molecule has 1 aromatic carbocycles. The summed E-state index contributed by atoms with van der Waals surface area (Å²) in [7, 11) is 0. The summed E-state index contributed by atoms with van der Waals surface area (Å²) >= 11 is 1.57. The molecule has 0 N–H and O–H groups in total. The van der Waals surface area contributed by atoms with Gasteiger partial charge in [-0.15, -0.1) is 0 Å². The average molecular weight is 264 g/mol. The largest absolute Gasteiger partial charge is 0.302 e. The summed E-state index contributed by atoms with van der Waals surface area (Å²) < 4.78 is 2.97. The number of nitrogens with zero attached hydrogens (tertiary/aromatic N) is 2. The van der Waals surface area contributed by atoms with E-state index in [1.54, 1.807) is 11.5 Å². The summed E-state index contributed by atoms with van der Waals surface area (Å²) in [6.45, 7) is 10.1. The predicted octanol–water partition coefficient (Wildman–Crippen LogP) is 2.71. The minimum Gasteiger partial charge on any atom is -0.302 e. The van der Waals surface area contributed by atoms with Gasteiger partial charge in [0.15, 0.2) is 0 Å². The lowest BCUT2D eigenvalue weighted by atomic mass is 10.2. The van der Waals surface area contributed by atoms with E-state index in [9.17, 15) is 4.79 Å². The molecule has 1 heterocycles. The number of hydrogen-bond donors (Lipinski definition) is 0. The van der Waals surface area contributed by atoms with Gasteiger partial charge in [0.1, 0.15) is 0 Å². The fourth-order valence-corrected chi connectivity index (χ4v) is 3.07. The molecular weight excluding hydrogens is 244 g/mol. The van der Waals surface area contributed by atoms with Crippen molar-refractivity contribution in [2.45, 2.75) is 27.3 Å². The molecule has 1 aromatic heterocycles. The van der Waals surface area contributed by atoms with Crippen LogP contribution in [0.2, 0.25) is 0 Å².